The second kappa shape index (κ2) is 9.70. The molecule has 0 aliphatic heterocycles. The molecule has 0 spiro atoms. The first-order chi connectivity index (χ1) is 14.6. The predicted molar refractivity (Wildman–Crippen MR) is 121 cm³/mol. The number of nitrogens with zero attached hydrogens (tertiary/aromatic N) is 3. The number of thiazole rings is 1. The Morgan fingerprint density at radius 2 is 1.87 bits per heavy atom. The van der Waals surface area contributed by atoms with E-state index in [0.717, 1.165) is 22.0 Å². The highest BCUT2D eigenvalue weighted by molar-refractivity contribution is 7.98. The molecule has 1 N–H and O–H groups in total. The second-order valence-electron chi connectivity index (χ2n) is 6.08. The quantitative estimate of drug-likeness (QED) is 0.307. The van der Waals surface area contributed by atoms with Crippen molar-refractivity contribution >= 4 is 46.3 Å². The van der Waals surface area contributed by atoms with Gasteiger partial charge in [-0.2, -0.15) is 0 Å². The second-order valence-corrected chi connectivity index (χ2v) is 8.83. The van der Waals surface area contributed by atoms with Crippen molar-refractivity contribution in [3.05, 3.63) is 68.6 Å². The average molecular weight is 479 g/mol. The van der Waals surface area contributed by atoms with Crippen LogP contribution in [0.3, 0.4) is 0 Å². The van der Waals surface area contributed by atoms with Gasteiger partial charge in [-0.3, -0.25) is 5.10 Å². The highest BCUT2D eigenvalue weighted by atomic mass is 35.5. The van der Waals surface area contributed by atoms with Gasteiger partial charge in [0.2, 0.25) is 5.16 Å². The molecule has 0 fully saturated rings. The van der Waals surface area contributed by atoms with Crippen LogP contribution in [0.15, 0.2) is 53.0 Å². The summed E-state index contributed by atoms with van der Waals surface area (Å²) in [6, 6.07) is 12.6. The summed E-state index contributed by atoms with van der Waals surface area (Å²) < 4.78 is 11.1. The van der Waals surface area contributed by atoms with E-state index in [0.29, 0.717) is 39.1 Å². The number of thioether (sulfide) groups is 1. The molecule has 30 heavy (non-hydrogen) atoms. The van der Waals surface area contributed by atoms with Gasteiger partial charge in [0.15, 0.2) is 5.82 Å². The van der Waals surface area contributed by atoms with Gasteiger partial charge in [0.25, 0.3) is 0 Å². The number of ether oxygens (including phenoxy) is 2. The van der Waals surface area contributed by atoms with Crippen LogP contribution in [0.5, 0.6) is 11.5 Å². The highest BCUT2D eigenvalue weighted by Gasteiger charge is 2.13. The number of hydrogen-bond donors (Lipinski definition) is 1. The summed E-state index contributed by atoms with van der Waals surface area (Å²) in [6.07, 6.45) is 0. The van der Waals surface area contributed by atoms with Crippen molar-refractivity contribution in [1.29, 1.82) is 0 Å². The normalized spacial score (nSPS) is 10.9. The van der Waals surface area contributed by atoms with Gasteiger partial charge >= 0.3 is 0 Å². The number of aromatic amines is 1. The minimum absolute atomic E-state index is 0.413. The number of H-pyrrole nitrogens is 1. The van der Waals surface area contributed by atoms with Crippen molar-refractivity contribution in [1.82, 2.24) is 20.2 Å². The summed E-state index contributed by atoms with van der Waals surface area (Å²) in [7, 11) is 1.61. The smallest absolute Gasteiger partial charge is 0.209 e. The molecule has 0 amide bonds. The van der Waals surface area contributed by atoms with E-state index in [1.807, 2.05) is 17.5 Å². The first kappa shape index (κ1) is 21.0. The zero-order valence-corrected chi connectivity index (χ0v) is 18.9. The SMILES string of the molecule is COc1ccc(Cl)cc1-c1nc(SCc2csc(COc3ccc(Cl)cc3)n2)n[nH]1. The van der Waals surface area contributed by atoms with E-state index in [9.17, 15) is 0 Å². The number of nitrogens with one attached hydrogen (secondary N) is 1. The third-order valence-electron chi connectivity index (χ3n) is 4.01. The van der Waals surface area contributed by atoms with E-state index in [4.69, 9.17) is 32.7 Å². The first-order valence-corrected chi connectivity index (χ1v) is 11.4. The Morgan fingerprint density at radius 1 is 1.07 bits per heavy atom. The maximum absolute atomic E-state index is 6.10. The van der Waals surface area contributed by atoms with Gasteiger partial charge in [0.1, 0.15) is 23.1 Å². The summed E-state index contributed by atoms with van der Waals surface area (Å²) in [5.41, 5.74) is 1.71. The van der Waals surface area contributed by atoms with Crippen molar-refractivity contribution in [3.63, 3.8) is 0 Å². The molecule has 0 saturated heterocycles. The predicted octanol–water partition coefficient (Wildman–Crippen LogP) is 6.11. The lowest BCUT2D eigenvalue weighted by atomic mass is 10.2. The largest absolute Gasteiger partial charge is 0.496 e. The van der Waals surface area contributed by atoms with E-state index < -0.39 is 0 Å². The Bertz CT molecular complexity index is 1130. The van der Waals surface area contributed by atoms with E-state index in [1.54, 1.807) is 48.8 Å². The molecule has 2 heterocycles. The summed E-state index contributed by atoms with van der Waals surface area (Å²) in [5.74, 6) is 2.70. The molecule has 4 rings (SSSR count). The van der Waals surface area contributed by atoms with Gasteiger partial charge in [-0.25, -0.2) is 9.97 Å². The Labute approximate surface area is 191 Å². The van der Waals surface area contributed by atoms with Crippen LogP contribution < -0.4 is 9.47 Å². The number of benzene rings is 2. The number of aromatic nitrogens is 4. The molecule has 0 aliphatic rings. The Hall–Kier alpha value is -2.26. The first-order valence-electron chi connectivity index (χ1n) is 8.81. The number of hydrogen-bond acceptors (Lipinski definition) is 7. The Balaban J connectivity index is 1.35. The average Bonchev–Trinajstić information content (AvgIpc) is 3.41. The van der Waals surface area contributed by atoms with E-state index in [-0.39, 0.29) is 0 Å². The number of methoxy groups -OCH3 is 1. The highest BCUT2D eigenvalue weighted by Crippen LogP contribution is 2.31. The molecular weight excluding hydrogens is 463 g/mol. The maximum Gasteiger partial charge on any atom is 0.209 e. The molecule has 0 bridgehead atoms. The van der Waals surface area contributed by atoms with Crippen molar-refractivity contribution < 1.29 is 9.47 Å². The Kier molecular flexibility index (Phi) is 6.79. The van der Waals surface area contributed by atoms with Crippen molar-refractivity contribution in [3.8, 4) is 22.9 Å². The topological polar surface area (TPSA) is 72.9 Å². The molecule has 0 unspecified atom stereocenters. The van der Waals surface area contributed by atoms with Crippen LogP contribution in [0.2, 0.25) is 10.0 Å². The van der Waals surface area contributed by atoms with Gasteiger partial charge in [-0.05, 0) is 42.5 Å². The fourth-order valence-electron chi connectivity index (χ4n) is 2.59. The van der Waals surface area contributed by atoms with Crippen LogP contribution in [-0.4, -0.2) is 27.3 Å². The van der Waals surface area contributed by atoms with Gasteiger partial charge in [0.05, 0.1) is 18.4 Å². The van der Waals surface area contributed by atoms with Gasteiger partial charge in [-0.15, -0.1) is 16.4 Å². The van der Waals surface area contributed by atoms with Crippen LogP contribution in [0.4, 0.5) is 0 Å². The fourth-order valence-corrected chi connectivity index (χ4v) is 4.39. The van der Waals surface area contributed by atoms with E-state index in [1.165, 1.54) is 11.8 Å². The molecule has 0 atom stereocenters. The molecular formula is C20H16Cl2N4O2S2. The van der Waals surface area contributed by atoms with Crippen LogP contribution in [-0.2, 0) is 12.4 Å². The lowest BCUT2D eigenvalue weighted by Gasteiger charge is -2.05. The van der Waals surface area contributed by atoms with Gasteiger partial charge in [0, 0.05) is 21.2 Å². The number of rotatable bonds is 8. The monoisotopic (exact) mass is 478 g/mol. The van der Waals surface area contributed by atoms with Crippen molar-refractivity contribution in [2.75, 3.05) is 7.11 Å². The zero-order valence-electron chi connectivity index (χ0n) is 15.8. The minimum atomic E-state index is 0.413. The summed E-state index contributed by atoms with van der Waals surface area (Å²) in [4.78, 5) is 9.14. The molecule has 4 aromatic rings. The molecule has 154 valence electrons. The third-order valence-corrected chi connectivity index (χ3v) is 6.25. The Morgan fingerprint density at radius 3 is 2.67 bits per heavy atom. The molecule has 10 heteroatoms. The lowest BCUT2D eigenvalue weighted by molar-refractivity contribution is 0.305. The molecule has 6 nitrogen and oxygen atoms in total. The summed E-state index contributed by atoms with van der Waals surface area (Å²) >= 11 is 15.0. The van der Waals surface area contributed by atoms with Crippen LogP contribution >= 0.6 is 46.3 Å². The van der Waals surface area contributed by atoms with Crippen LogP contribution in [0.1, 0.15) is 10.7 Å². The fraction of sp³-hybridized carbons (Fsp3) is 0.150. The van der Waals surface area contributed by atoms with E-state index in [2.05, 4.69) is 20.2 Å². The summed E-state index contributed by atoms with van der Waals surface area (Å²) in [6.45, 7) is 0.413. The number of halogens is 2. The van der Waals surface area contributed by atoms with Crippen LogP contribution in [0.25, 0.3) is 11.4 Å². The molecule has 0 aliphatic carbocycles. The van der Waals surface area contributed by atoms with Gasteiger partial charge < -0.3 is 9.47 Å². The molecule has 0 radical (unpaired) electrons. The molecule has 0 saturated carbocycles. The zero-order chi connectivity index (χ0) is 20.9. The van der Waals surface area contributed by atoms with Crippen molar-refractivity contribution in [2.24, 2.45) is 0 Å². The maximum atomic E-state index is 6.10. The van der Waals surface area contributed by atoms with E-state index >= 15 is 0 Å². The van der Waals surface area contributed by atoms with Gasteiger partial charge in [-0.1, -0.05) is 35.0 Å². The molecule has 2 aromatic heterocycles. The van der Waals surface area contributed by atoms with Crippen molar-refractivity contribution in [2.45, 2.75) is 17.5 Å². The summed E-state index contributed by atoms with van der Waals surface area (Å²) in [5, 5.41) is 12.0. The van der Waals surface area contributed by atoms with Crippen LogP contribution in [0, 0.1) is 0 Å². The molecule has 2 aromatic carbocycles. The third kappa shape index (κ3) is 5.26. The lowest BCUT2D eigenvalue weighted by Crippen LogP contribution is -1.95. The standard InChI is InChI=1S/C20H16Cl2N4O2S2/c1-27-17-7-4-13(22)8-16(17)19-24-20(26-25-19)30-11-14-10-29-18(23-14)9-28-15-5-2-12(21)3-6-15/h2-8,10H,9,11H2,1H3,(H,24,25,26). The minimum Gasteiger partial charge on any atom is -0.496 e.